The lowest BCUT2D eigenvalue weighted by Gasteiger charge is -2.34. The van der Waals surface area contributed by atoms with E-state index in [1.165, 1.54) is 11.1 Å². The van der Waals surface area contributed by atoms with Crippen LogP contribution in [0.15, 0.2) is 16.6 Å². The Morgan fingerprint density at radius 1 is 0.821 bits per heavy atom. The van der Waals surface area contributed by atoms with E-state index in [0.717, 1.165) is 74.6 Å². The molecule has 0 bridgehead atoms. The Labute approximate surface area is 178 Å². The molecule has 28 heavy (non-hydrogen) atoms. The summed E-state index contributed by atoms with van der Waals surface area (Å²) in [6, 6.07) is 5.32. The van der Waals surface area contributed by atoms with Crippen LogP contribution in [0.1, 0.15) is 62.5 Å². The van der Waals surface area contributed by atoms with Gasteiger partial charge in [-0.05, 0) is 88.7 Å². The first kappa shape index (κ1) is 22.0. The maximum Gasteiger partial charge on any atom is 0.0541 e. The van der Waals surface area contributed by atoms with Crippen molar-refractivity contribution in [2.24, 2.45) is 0 Å². The van der Waals surface area contributed by atoms with Gasteiger partial charge in [-0.25, -0.2) is 0 Å². The fourth-order valence-corrected chi connectivity index (χ4v) is 5.34. The van der Waals surface area contributed by atoms with Gasteiger partial charge in [0.25, 0.3) is 0 Å². The van der Waals surface area contributed by atoms with Crippen molar-refractivity contribution < 1.29 is 10.2 Å². The first-order valence-corrected chi connectivity index (χ1v) is 11.5. The lowest BCUT2D eigenvalue weighted by molar-refractivity contribution is 0.0814. The van der Waals surface area contributed by atoms with Crippen LogP contribution in [-0.4, -0.2) is 58.4 Å². The van der Waals surface area contributed by atoms with Crippen molar-refractivity contribution in [2.75, 3.05) is 19.8 Å². The number of nitrogens with zero attached hydrogens (tertiary/aromatic N) is 2. The normalized spacial score (nSPS) is 28.8. The molecule has 2 aliphatic carbocycles. The molecule has 0 spiro atoms. The van der Waals surface area contributed by atoms with Crippen molar-refractivity contribution >= 4 is 21.6 Å². The van der Waals surface area contributed by atoms with Crippen molar-refractivity contribution in [3.05, 3.63) is 27.7 Å². The van der Waals surface area contributed by atoms with Crippen LogP contribution in [0.25, 0.3) is 0 Å². The number of rotatable bonds is 6. The molecule has 0 heterocycles. The largest absolute Gasteiger partial charge is 0.398 e. The highest BCUT2D eigenvalue weighted by Crippen LogP contribution is 2.30. The van der Waals surface area contributed by atoms with Crippen molar-refractivity contribution in [2.45, 2.75) is 88.7 Å². The molecular formula is C22H36BrN3O2. The summed E-state index contributed by atoms with van der Waals surface area (Å²) in [5.74, 6) is 0. The third-order valence-electron chi connectivity index (χ3n) is 6.73. The zero-order valence-corrected chi connectivity index (χ0v) is 18.9. The van der Waals surface area contributed by atoms with Crippen molar-refractivity contribution in [3.8, 4) is 0 Å². The molecule has 6 heteroatoms. The molecule has 2 aliphatic rings. The van der Waals surface area contributed by atoms with E-state index in [1.807, 2.05) is 0 Å². The molecule has 0 radical (unpaired) electrons. The highest BCUT2D eigenvalue weighted by Gasteiger charge is 2.25. The molecule has 4 N–H and O–H groups in total. The summed E-state index contributed by atoms with van der Waals surface area (Å²) in [6.45, 7) is 1.66. The van der Waals surface area contributed by atoms with Crippen molar-refractivity contribution in [1.82, 2.24) is 9.80 Å². The van der Waals surface area contributed by atoms with Crippen LogP contribution in [0.5, 0.6) is 0 Å². The maximum atomic E-state index is 9.76. The summed E-state index contributed by atoms with van der Waals surface area (Å²) in [6.07, 6.45) is 7.55. The predicted octanol–water partition coefficient (Wildman–Crippen LogP) is 3.50. The molecule has 2 saturated carbocycles. The Kier molecular flexibility index (Phi) is 7.79. The molecule has 0 unspecified atom stereocenters. The Morgan fingerprint density at radius 2 is 1.18 bits per heavy atom. The number of nitrogen functional groups attached to an aromatic ring is 1. The van der Waals surface area contributed by atoms with Gasteiger partial charge in [0.2, 0.25) is 0 Å². The monoisotopic (exact) mass is 453 g/mol. The summed E-state index contributed by atoms with van der Waals surface area (Å²) in [5, 5.41) is 19.5. The van der Waals surface area contributed by atoms with E-state index >= 15 is 0 Å². The number of aliphatic hydroxyl groups excluding tert-OH is 2. The molecule has 3 rings (SSSR count). The van der Waals surface area contributed by atoms with E-state index in [2.05, 4.69) is 52.0 Å². The molecule has 1 aromatic carbocycles. The van der Waals surface area contributed by atoms with Gasteiger partial charge < -0.3 is 15.9 Å². The summed E-state index contributed by atoms with van der Waals surface area (Å²) in [7, 11) is 4.34. The van der Waals surface area contributed by atoms with Gasteiger partial charge >= 0.3 is 0 Å². The molecule has 1 aromatic rings. The summed E-state index contributed by atoms with van der Waals surface area (Å²) < 4.78 is 1.08. The second-order valence-electron chi connectivity index (χ2n) is 8.89. The third kappa shape index (κ3) is 5.70. The minimum absolute atomic E-state index is 0.122. The van der Waals surface area contributed by atoms with Crippen molar-refractivity contribution in [3.63, 3.8) is 0 Å². The smallest absolute Gasteiger partial charge is 0.0541 e. The summed E-state index contributed by atoms with van der Waals surface area (Å²) in [5.41, 5.74) is 9.84. The van der Waals surface area contributed by atoms with Crippen molar-refractivity contribution in [1.29, 1.82) is 0 Å². The highest BCUT2D eigenvalue weighted by atomic mass is 79.9. The molecular weight excluding hydrogens is 418 g/mol. The van der Waals surface area contributed by atoms with Gasteiger partial charge in [0.15, 0.2) is 0 Å². The van der Waals surface area contributed by atoms with Gasteiger partial charge in [0.05, 0.1) is 12.2 Å². The van der Waals surface area contributed by atoms with Gasteiger partial charge in [0.1, 0.15) is 0 Å². The average Bonchev–Trinajstić information content (AvgIpc) is 2.66. The number of hydrogen-bond acceptors (Lipinski definition) is 5. The quantitative estimate of drug-likeness (QED) is 0.574. The van der Waals surface area contributed by atoms with Gasteiger partial charge in [-0.1, -0.05) is 15.9 Å². The zero-order chi connectivity index (χ0) is 20.3. The Balaban J connectivity index is 1.65. The molecule has 0 atom stereocenters. The Hall–Kier alpha value is -0.660. The first-order valence-electron chi connectivity index (χ1n) is 10.7. The SMILES string of the molecule is CN(Cc1cc(Br)cc(CN(C)[C@H]2CC[C@H](O)CC2)c1N)[C@H]1CC[C@H](O)CC1. The molecule has 0 aliphatic heterocycles. The molecule has 5 nitrogen and oxygen atoms in total. The number of nitrogens with two attached hydrogens (primary N) is 1. The topological polar surface area (TPSA) is 73.0 Å². The fraction of sp³-hybridized carbons (Fsp3) is 0.727. The molecule has 2 fully saturated rings. The fourth-order valence-electron chi connectivity index (χ4n) is 4.79. The number of anilines is 1. The van der Waals surface area contributed by atoms with E-state index in [1.54, 1.807) is 0 Å². The second kappa shape index (κ2) is 9.90. The number of halogens is 1. The Morgan fingerprint density at radius 3 is 1.54 bits per heavy atom. The summed E-state index contributed by atoms with van der Waals surface area (Å²) in [4.78, 5) is 4.78. The van der Waals surface area contributed by atoms with Crippen LogP contribution in [-0.2, 0) is 13.1 Å². The number of aliphatic hydroxyl groups is 2. The minimum Gasteiger partial charge on any atom is -0.398 e. The second-order valence-corrected chi connectivity index (χ2v) is 9.81. The third-order valence-corrected chi connectivity index (χ3v) is 7.19. The standard InChI is InChI=1S/C22H36BrN3O2/c1-25(18-3-7-20(27)8-4-18)13-15-11-17(23)12-16(22(15)24)14-26(2)19-5-9-21(28)10-6-19/h11-12,18-21,27-28H,3-10,13-14,24H2,1-2H3/t18-,19-,20-,21-. The van der Waals surface area contributed by atoms with Gasteiger partial charge in [-0.2, -0.15) is 0 Å². The molecule has 158 valence electrons. The van der Waals surface area contributed by atoms with Gasteiger partial charge in [-0.3, -0.25) is 9.80 Å². The highest BCUT2D eigenvalue weighted by molar-refractivity contribution is 9.10. The lowest BCUT2D eigenvalue weighted by Crippen LogP contribution is -2.36. The first-order chi connectivity index (χ1) is 13.3. The van der Waals surface area contributed by atoms with Crippen LogP contribution in [0.2, 0.25) is 0 Å². The van der Waals surface area contributed by atoms with E-state index in [4.69, 9.17) is 5.73 Å². The van der Waals surface area contributed by atoms with E-state index in [9.17, 15) is 10.2 Å². The van der Waals surface area contributed by atoms with Gasteiger partial charge in [0, 0.05) is 35.3 Å². The summed E-state index contributed by atoms with van der Waals surface area (Å²) >= 11 is 3.68. The number of hydrogen-bond donors (Lipinski definition) is 3. The van der Waals surface area contributed by atoms with E-state index in [0.29, 0.717) is 12.1 Å². The molecule has 0 saturated heterocycles. The minimum atomic E-state index is -0.122. The van der Waals surface area contributed by atoms with Crippen LogP contribution >= 0.6 is 15.9 Å². The Bertz CT molecular complexity index is 590. The van der Waals surface area contributed by atoms with E-state index < -0.39 is 0 Å². The average molecular weight is 454 g/mol. The molecule has 0 aromatic heterocycles. The lowest BCUT2D eigenvalue weighted by atomic mass is 9.91. The van der Waals surface area contributed by atoms with E-state index in [-0.39, 0.29) is 12.2 Å². The van der Waals surface area contributed by atoms with Crippen LogP contribution in [0, 0.1) is 0 Å². The number of benzene rings is 1. The maximum absolute atomic E-state index is 9.76. The zero-order valence-electron chi connectivity index (χ0n) is 17.3. The van der Waals surface area contributed by atoms with Crippen LogP contribution < -0.4 is 5.73 Å². The van der Waals surface area contributed by atoms with Crippen LogP contribution in [0.4, 0.5) is 5.69 Å². The van der Waals surface area contributed by atoms with Gasteiger partial charge in [-0.15, -0.1) is 0 Å². The molecule has 0 amide bonds. The predicted molar refractivity (Wildman–Crippen MR) is 118 cm³/mol. The van der Waals surface area contributed by atoms with Crippen LogP contribution in [0.3, 0.4) is 0 Å².